The maximum atomic E-state index is 11.3. The molecule has 0 fully saturated rings. The van der Waals surface area contributed by atoms with E-state index in [-0.39, 0.29) is 32.7 Å². The number of nitrogens with zero attached hydrogens (tertiary/aromatic N) is 1. The molecular weight excluding hydrogens is 283 g/mol. The van der Waals surface area contributed by atoms with Crippen molar-refractivity contribution in [3.63, 3.8) is 0 Å². The molecule has 0 atom stereocenters. The van der Waals surface area contributed by atoms with Gasteiger partial charge in [-0.05, 0) is 0 Å². The van der Waals surface area contributed by atoms with Crippen LogP contribution >= 0.6 is 0 Å². The summed E-state index contributed by atoms with van der Waals surface area (Å²) in [6.45, 7) is 5.85. The van der Waals surface area contributed by atoms with Crippen LogP contribution in [0.1, 0.15) is 19.4 Å². The van der Waals surface area contributed by atoms with Crippen molar-refractivity contribution in [2.24, 2.45) is 0 Å². The summed E-state index contributed by atoms with van der Waals surface area (Å²) < 4.78 is 2.14. The molecule has 4 nitrogen and oxygen atoms in total. The summed E-state index contributed by atoms with van der Waals surface area (Å²) in [4.78, 5) is 24.6. The van der Waals surface area contributed by atoms with Gasteiger partial charge >= 0.3 is 86.5 Å². The molecule has 5 heteroatoms. The van der Waals surface area contributed by atoms with E-state index in [1.54, 1.807) is 15.9 Å². The summed E-state index contributed by atoms with van der Waals surface area (Å²) in [7, 11) is 0. The van der Waals surface area contributed by atoms with E-state index in [4.69, 9.17) is 0 Å². The van der Waals surface area contributed by atoms with Crippen LogP contribution in [0.25, 0.3) is 0 Å². The fourth-order valence-corrected chi connectivity index (χ4v) is 2.97. The summed E-state index contributed by atoms with van der Waals surface area (Å²) in [5, 5.41) is 0. The standard InChI is InChI=1S/C8H12IN2O2/c1-5(2)9-11-4-6(3)7(12)10-8(11)13/h4-5H,1-3H3,(H,10,12,13)/q-1. The minimum atomic E-state index is -0.350. The van der Waals surface area contributed by atoms with Crippen molar-refractivity contribution in [3.8, 4) is 0 Å². The Morgan fingerprint density at radius 3 is 2.62 bits per heavy atom. The van der Waals surface area contributed by atoms with Crippen LogP contribution in [-0.2, 0) is 0 Å². The zero-order chi connectivity index (χ0) is 10.0. The van der Waals surface area contributed by atoms with Crippen LogP contribution in [0.4, 0.5) is 0 Å². The number of H-pyrrole nitrogens is 1. The van der Waals surface area contributed by atoms with Crippen molar-refractivity contribution in [1.82, 2.24) is 7.76 Å². The summed E-state index contributed by atoms with van der Waals surface area (Å²) in [6, 6.07) is 0. The Labute approximate surface area is 86.6 Å². The maximum absolute atomic E-state index is 11.3. The van der Waals surface area contributed by atoms with Crippen molar-refractivity contribution in [2.45, 2.75) is 24.7 Å². The van der Waals surface area contributed by atoms with E-state index in [9.17, 15) is 9.59 Å². The van der Waals surface area contributed by atoms with Gasteiger partial charge in [0, 0.05) is 0 Å². The molecule has 0 saturated heterocycles. The molecule has 0 spiro atoms. The molecular formula is C8H12IN2O2-. The first-order valence-corrected chi connectivity index (χ1v) is 6.18. The van der Waals surface area contributed by atoms with Crippen molar-refractivity contribution in [3.05, 3.63) is 32.6 Å². The molecule has 0 aromatic carbocycles. The first-order chi connectivity index (χ1) is 6.00. The van der Waals surface area contributed by atoms with E-state index in [0.717, 1.165) is 0 Å². The average molecular weight is 295 g/mol. The molecule has 1 aromatic rings. The second-order valence-corrected chi connectivity index (χ2v) is 7.08. The van der Waals surface area contributed by atoms with Gasteiger partial charge in [0.2, 0.25) is 0 Å². The van der Waals surface area contributed by atoms with Gasteiger partial charge in [-0.2, -0.15) is 0 Å². The van der Waals surface area contributed by atoms with Gasteiger partial charge in [-0.1, -0.05) is 0 Å². The second kappa shape index (κ2) is 4.08. The van der Waals surface area contributed by atoms with Crippen molar-refractivity contribution >= 4 is 0 Å². The first kappa shape index (κ1) is 10.5. The zero-order valence-electron chi connectivity index (χ0n) is 7.80. The number of hydrogen-bond donors (Lipinski definition) is 1. The second-order valence-electron chi connectivity index (χ2n) is 2.99. The monoisotopic (exact) mass is 295 g/mol. The topological polar surface area (TPSA) is 54.9 Å². The van der Waals surface area contributed by atoms with Gasteiger partial charge in [0.15, 0.2) is 0 Å². The normalized spacial score (nSPS) is 11.1. The number of halogens is 1. The number of hydrogen-bond acceptors (Lipinski definition) is 2. The number of aromatic nitrogens is 2. The third kappa shape index (κ3) is 2.68. The summed E-state index contributed by atoms with van der Waals surface area (Å²) in [6.07, 6.45) is 1.65. The average Bonchev–Trinajstić information content (AvgIpc) is 1.99. The van der Waals surface area contributed by atoms with Crippen molar-refractivity contribution in [1.29, 1.82) is 0 Å². The molecule has 74 valence electrons. The Hall–Kier alpha value is -0.590. The Morgan fingerprint density at radius 1 is 1.46 bits per heavy atom. The van der Waals surface area contributed by atoms with E-state index in [0.29, 0.717) is 9.49 Å². The van der Waals surface area contributed by atoms with Gasteiger partial charge in [0.1, 0.15) is 0 Å². The molecule has 0 aliphatic heterocycles. The van der Waals surface area contributed by atoms with Crippen LogP contribution in [0.5, 0.6) is 0 Å². The number of alkyl halides is 1. The van der Waals surface area contributed by atoms with Crippen LogP contribution in [0, 0.1) is 6.92 Å². The quantitative estimate of drug-likeness (QED) is 0.470. The minimum absolute atomic E-state index is 0.280. The van der Waals surface area contributed by atoms with E-state index in [2.05, 4.69) is 18.8 Å². The molecule has 1 rings (SSSR count). The van der Waals surface area contributed by atoms with Crippen molar-refractivity contribution < 1.29 is 21.5 Å². The summed E-state index contributed by atoms with van der Waals surface area (Å²) >= 11 is -0.350. The first-order valence-electron chi connectivity index (χ1n) is 3.97. The molecule has 0 unspecified atom stereocenters. The number of aryl methyl sites for hydroxylation is 1. The number of nitrogens with one attached hydrogen (secondary N) is 1. The van der Waals surface area contributed by atoms with Crippen LogP contribution in [0.15, 0.2) is 15.8 Å². The van der Waals surface area contributed by atoms with E-state index in [1.807, 2.05) is 0 Å². The number of aromatic amines is 1. The Kier molecular flexibility index (Phi) is 3.29. The van der Waals surface area contributed by atoms with Crippen molar-refractivity contribution in [2.75, 3.05) is 0 Å². The third-order valence-electron chi connectivity index (χ3n) is 1.38. The van der Waals surface area contributed by atoms with Gasteiger partial charge in [-0.25, -0.2) is 0 Å². The molecule has 13 heavy (non-hydrogen) atoms. The summed E-state index contributed by atoms with van der Waals surface area (Å²) in [5.74, 6) is 0. The predicted octanol–water partition coefficient (Wildman–Crippen LogP) is -2.89. The molecule has 1 heterocycles. The molecule has 0 aliphatic rings. The van der Waals surface area contributed by atoms with Gasteiger partial charge < -0.3 is 0 Å². The van der Waals surface area contributed by atoms with Gasteiger partial charge in [-0.15, -0.1) is 0 Å². The molecule has 0 saturated carbocycles. The Balaban J connectivity index is 3.17. The third-order valence-corrected chi connectivity index (χ3v) is 3.81. The fraction of sp³-hybridized carbons (Fsp3) is 0.500. The Bertz CT molecular complexity index is 405. The summed E-state index contributed by atoms with van der Waals surface area (Å²) in [5.41, 5.74) is 0.0334. The van der Waals surface area contributed by atoms with Crippen LogP contribution in [0.2, 0.25) is 0 Å². The zero-order valence-corrected chi connectivity index (χ0v) is 9.95. The van der Waals surface area contributed by atoms with Crippen LogP contribution < -0.4 is 32.7 Å². The SMILES string of the molecule is Cc1cn([I-]C(C)C)c(=O)[nH]c1=O. The van der Waals surface area contributed by atoms with E-state index >= 15 is 0 Å². The fourth-order valence-electron chi connectivity index (χ4n) is 0.819. The van der Waals surface area contributed by atoms with Crippen LogP contribution in [0.3, 0.4) is 0 Å². The van der Waals surface area contributed by atoms with Gasteiger partial charge in [0.25, 0.3) is 0 Å². The molecule has 0 radical (unpaired) electrons. The van der Waals surface area contributed by atoms with E-state index < -0.39 is 0 Å². The van der Waals surface area contributed by atoms with E-state index in [1.165, 1.54) is 0 Å². The molecule has 1 aromatic heterocycles. The van der Waals surface area contributed by atoms with Gasteiger partial charge in [-0.3, -0.25) is 0 Å². The molecule has 0 amide bonds. The molecule has 1 N–H and O–H groups in total. The predicted molar refractivity (Wildman–Crippen MR) is 46.6 cm³/mol. The molecule has 0 aliphatic carbocycles. The Morgan fingerprint density at radius 2 is 2.08 bits per heavy atom. The van der Waals surface area contributed by atoms with Crippen LogP contribution in [-0.4, -0.2) is 11.7 Å². The number of rotatable bonds is 2. The van der Waals surface area contributed by atoms with Gasteiger partial charge in [0.05, 0.1) is 0 Å². The molecule has 0 bridgehead atoms.